The van der Waals surface area contributed by atoms with Crippen molar-refractivity contribution in [2.45, 2.75) is 24.5 Å². The van der Waals surface area contributed by atoms with Gasteiger partial charge >= 0.3 is 5.97 Å². The molecule has 1 aliphatic carbocycles. The number of aliphatic hydroxyl groups excluding tert-OH is 1. The monoisotopic (exact) mass is 321 g/mol. The largest absolute Gasteiger partial charge is 0.479 e. The van der Waals surface area contributed by atoms with E-state index in [9.17, 15) is 13.6 Å². The lowest BCUT2D eigenvalue weighted by Crippen LogP contribution is -2.09. The highest BCUT2D eigenvalue weighted by molar-refractivity contribution is 5.73. The normalized spacial score (nSPS) is 20.2. The first-order valence-corrected chi connectivity index (χ1v) is 7.06. The number of carboxylic acid groups (broad SMARTS) is 1. The van der Waals surface area contributed by atoms with Gasteiger partial charge in [0.1, 0.15) is 0 Å². The molecule has 0 spiro atoms. The maximum absolute atomic E-state index is 12.7. The number of halogens is 2. The van der Waals surface area contributed by atoms with Gasteiger partial charge in [-0.2, -0.15) is 0 Å². The number of nitrogens with two attached hydrogens (primary N) is 1. The minimum Gasteiger partial charge on any atom is -0.479 e. The third-order valence-corrected chi connectivity index (χ3v) is 3.56. The zero-order chi connectivity index (χ0) is 17.0. The molecule has 1 aliphatic rings. The van der Waals surface area contributed by atoms with Crippen LogP contribution in [0.4, 0.5) is 8.78 Å². The van der Waals surface area contributed by atoms with E-state index in [2.05, 4.69) is 0 Å². The van der Waals surface area contributed by atoms with Gasteiger partial charge in [0.05, 0.1) is 0 Å². The topological polar surface area (TPSA) is 83.6 Å². The quantitative estimate of drug-likeness (QED) is 0.811. The van der Waals surface area contributed by atoms with Gasteiger partial charge in [0.2, 0.25) is 0 Å². The molecule has 0 unspecified atom stereocenters. The van der Waals surface area contributed by atoms with Crippen LogP contribution in [0.2, 0.25) is 0 Å². The van der Waals surface area contributed by atoms with E-state index in [0.717, 1.165) is 18.1 Å². The fourth-order valence-electron chi connectivity index (χ4n) is 2.12. The van der Waals surface area contributed by atoms with E-state index >= 15 is 0 Å². The predicted molar refractivity (Wildman–Crippen MR) is 80.7 cm³/mol. The SMILES string of the molecule is N[C@@H]1C[C@@H]1c1ccc(F)c(F)c1.O=C(O)[C@@H](O)c1ccccc1. The van der Waals surface area contributed by atoms with Gasteiger partial charge in [0.25, 0.3) is 0 Å². The van der Waals surface area contributed by atoms with Crippen molar-refractivity contribution in [3.8, 4) is 0 Å². The number of carbonyl (C=O) groups is 1. The van der Waals surface area contributed by atoms with E-state index in [4.69, 9.17) is 15.9 Å². The van der Waals surface area contributed by atoms with Crippen molar-refractivity contribution in [3.05, 3.63) is 71.3 Å². The van der Waals surface area contributed by atoms with Crippen LogP contribution in [0.5, 0.6) is 0 Å². The van der Waals surface area contributed by atoms with Crippen LogP contribution in [-0.2, 0) is 4.79 Å². The summed E-state index contributed by atoms with van der Waals surface area (Å²) < 4.78 is 25.2. The van der Waals surface area contributed by atoms with Crippen LogP contribution in [0.1, 0.15) is 29.6 Å². The Bertz CT molecular complexity index is 679. The van der Waals surface area contributed by atoms with E-state index in [1.165, 1.54) is 6.07 Å². The van der Waals surface area contributed by atoms with Crippen LogP contribution in [0.25, 0.3) is 0 Å². The molecular weight excluding hydrogens is 304 g/mol. The second-order valence-corrected chi connectivity index (χ2v) is 5.33. The zero-order valence-corrected chi connectivity index (χ0v) is 12.2. The molecule has 4 N–H and O–H groups in total. The second-order valence-electron chi connectivity index (χ2n) is 5.33. The third kappa shape index (κ3) is 4.58. The van der Waals surface area contributed by atoms with Crippen molar-refractivity contribution in [1.29, 1.82) is 0 Å². The summed E-state index contributed by atoms with van der Waals surface area (Å²) in [6.07, 6.45) is -0.526. The summed E-state index contributed by atoms with van der Waals surface area (Å²) in [5.41, 5.74) is 6.78. The smallest absolute Gasteiger partial charge is 0.337 e. The Labute approximate surface area is 132 Å². The number of hydrogen-bond acceptors (Lipinski definition) is 3. The van der Waals surface area contributed by atoms with Crippen molar-refractivity contribution < 1.29 is 23.8 Å². The highest BCUT2D eigenvalue weighted by atomic mass is 19.2. The molecule has 3 rings (SSSR count). The van der Waals surface area contributed by atoms with Gasteiger partial charge in [0.15, 0.2) is 17.7 Å². The first-order valence-electron chi connectivity index (χ1n) is 7.06. The molecule has 4 nitrogen and oxygen atoms in total. The summed E-state index contributed by atoms with van der Waals surface area (Å²) in [6, 6.07) is 12.4. The summed E-state index contributed by atoms with van der Waals surface area (Å²) in [5, 5.41) is 17.4. The highest BCUT2D eigenvalue weighted by Crippen LogP contribution is 2.39. The number of carboxylic acids is 1. The van der Waals surface area contributed by atoms with Crippen LogP contribution >= 0.6 is 0 Å². The lowest BCUT2D eigenvalue weighted by atomic mass is 10.1. The average molecular weight is 321 g/mol. The molecule has 6 heteroatoms. The first-order chi connectivity index (χ1) is 10.9. The number of rotatable bonds is 3. The highest BCUT2D eigenvalue weighted by Gasteiger charge is 2.35. The number of benzene rings is 2. The van der Waals surface area contributed by atoms with E-state index in [-0.39, 0.29) is 12.0 Å². The summed E-state index contributed by atoms with van der Waals surface area (Å²) >= 11 is 0. The Balaban J connectivity index is 0.000000168. The number of aliphatic hydroxyl groups is 1. The Hall–Kier alpha value is -2.31. The average Bonchev–Trinajstić information content (AvgIpc) is 3.27. The van der Waals surface area contributed by atoms with Crippen LogP contribution in [0.15, 0.2) is 48.5 Å². The summed E-state index contributed by atoms with van der Waals surface area (Å²) in [6.45, 7) is 0. The Morgan fingerprint density at radius 2 is 1.74 bits per heavy atom. The van der Waals surface area contributed by atoms with Crippen LogP contribution in [0, 0.1) is 11.6 Å². The molecule has 0 amide bonds. The summed E-state index contributed by atoms with van der Waals surface area (Å²) in [5.74, 6) is -2.57. The van der Waals surface area contributed by atoms with Gasteiger partial charge in [-0.3, -0.25) is 0 Å². The molecule has 0 aromatic heterocycles. The van der Waals surface area contributed by atoms with Gasteiger partial charge in [-0.25, -0.2) is 13.6 Å². The van der Waals surface area contributed by atoms with Gasteiger partial charge in [-0.15, -0.1) is 0 Å². The standard InChI is InChI=1S/C9H9F2N.C8H8O3/c10-7-2-1-5(3-8(7)11)6-4-9(6)12;9-7(8(10)11)6-4-2-1-3-5-6/h1-3,6,9H,4,12H2;1-5,7,9H,(H,10,11)/t6-,9-;7-/m10/s1. The molecule has 122 valence electrons. The Morgan fingerprint density at radius 3 is 2.22 bits per heavy atom. The summed E-state index contributed by atoms with van der Waals surface area (Å²) in [4.78, 5) is 10.2. The molecule has 0 radical (unpaired) electrons. The van der Waals surface area contributed by atoms with Gasteiger partial charge in [-0.05, 0) is 29.7 Å². The van der Waals surface area contributed by atoms with E-state index in [1.54, 1.807) is 36.4 Å². The van der Waals surface area contributed by atoms with Crippen molar-refractivity contribution in [2.24, 2.45) is 5.73 Å². The predicted octanol–water partition coefficient (Wildman–Crippen LogP) is 2.58. The first kappa shape index (κ1) is 17.1. The molecule has 23 heavy (non-hydrogen) atoms. The van der Waals surface area contributed by atoms with Crippen molar-refractivity contribution in [2.75, 3.05) is 0 Å². The molecule has 2 aromatic rings. The van der Waals surface area contributed by atoms with E-state index in [0.29, 0.717) is 5.56 Å². The lowest BCUT2D eigenvalue weighted by molar-refractivity contribution is -0.146. The Kier molecular flexibility index (Phi) is 5.41. The molecule has 3 atom stereocenters. The van der Waals surface area contributed by atoms with Crippen LogP contribution < -0.4 is 5.73 Å². The molecule has 0 aliphatic heterocycles. The van der Waals surface area contributed by atoms with Crippen molar-refractivity contribution in [1.82, 2.24) is 0 Å². The molecule has 0 heterocycles. The Morgan fingerprint density at radius 1 is 1.13 bits per heavy atom. The molecule has 0 bridgehead atoms. The van der Waals surface area contributed by atoms with Gasteiger partial charge in [-0.1, -0.05) is 36.4 Å². The fourth-order valence-corrected chi connectivity index (χ4v) is 2.12. The lowest BCUT2D eigenvalue weighted by Gasteiger charge is -2.03. The zero-order valence-electron chi connectivity index (χ0n) is 12.2. The van der Waals surface area contributed by atoms with Gasteiger partial charge in [0, 0.05) is 12.0 Å². The summed E-state index contributed by atoms with van der Waals surface area (Å²) in [7, 11) is 0. The van der Waals surface area contributed by atoms with E-state index in [1.807, 2.05) is 0 Å². The number of aliphatic carboxylic acids is 1. The van der Waals surface area contributed by atoms with Crippen molar-refractivity contribution in [3.63, 3.8) is 0 Å². The molecule has 1 fully saturated rings. The fraction of sp³-hybridized carbons (Fsp3) is 0.235. The maximum Gasteiger partial charge on any atom is 0.337 e. The second kappa shape index (κ2) is 7.30. The van der Waals surface area contributed by atoms with E-state index < -0.39 is 23.7 Å². The third-order valence-electron chi connectivity index (χ3n) is 3.56. The number of hydrogen-bond donors (Lipinski definition) is 3. The molecule has 0 saturated heterocycles. The van der Waals surface area contributed by atoms with Crippen LogP contribution in [0.3, 0.4) is 0 Å². The molecular formula is C17H17F2NO3. The molecule has 2 aromatic carbocycles. The minimum absolute atomic E-state index is 0.134. The minimum atomic E-state index is -1.41. The van der Waals surface area contributed by atoms with Crippen molar-refractivity contribution >= 4 is 5.97 Å². The van der Waals surface area contributed by atoms with Crippen LogP contribution in [-0.4, -0.2) is 22.2 Å². The maximum atomic E-state index is 12.7. The van der Waals surface area contributed by atoms with Gasteiger partial charge < -0.3 is 15.9 Å². The molecule has 1 saturated carbocycles.